The molecule has 1 aliphatic rings. The molecule has 2 unspecified atom stereocenters. The molecule has 1 aliphatic heterocycles. The Morgan fingerprint density at radius 3 is 2.57 bits per heavy atom. The zero-order valence-corrected chi connectivity index (χ0v) is 9.79. The minimum Gasteiger partial charge on any atom is -0.382 e. The van der Waals surface area contributed by atoms with Crippen molar-refractivity contribution in [2.75, 3.05) is 26.6 Å². The van der Waals surface area contributed by atoms with Gasteiger partial charge in [0.15, 0.2) is 0 Å². The summed E-state index contributed by atoms with van der Waals surface area (Å²) >= 11 is 4.29. The van der Waals surface area contributed by atoms with Gasteiger partial charge in [-0.3, -0.25) is 0 Å². The van der Waals surface area contributed by atoms with Gasteiger partial charge in [-0.1, -0.05) is 6.92 Å². The van der Waals surface area contributed by atoms with E-state index in [1.807, 2.05) is 6.92 Å². The van der Waals surface area contributed by atoms with E-state index in [2.05, 4.69) is 12.6 Å². The maximum atomic E-state index is 5.83. The van der Waals surface area contributed by atoms with Gasteiger partial charge in [-0.15, -0.1) is 0 Å². The Morgan fingerprint density at radius 2 is 2.14 bits per heavy atom. The Labute approximate surface area is 92.3 Å². The molecule has 0 N–H and O–H groups in total. The summed E-state index contributed by atoms with van der Waals surface area (Å²) in [6.45, 7) is 2.47. The average Bonchev–Trinajstić information content (AvgIpc) is 2.40. The van der Waals surface area contributed by atoms with Crippen LogP contribution in [-0.4, -0.2) is 52.1 Å². The molecule has 4 atom stereocenters. The van der Waals surface area contributed by atoms with E-state index in [0.29, 0.717) is 12.4 Å². The number of thiol groups is 1. The predicted octanol–water partition coefficient (Wildman–Crippen LogP) is 0.477. The summed E-state index contributed by atoms with van der Waals surface area (Å²) in [5.74, 6) is 0.694. The lowest BCUT2D eigenvalue weighted by molar-refractivity contribution is -0.101. The van der Waals surface area contributed by atoms with Crippen LogP contribution in [0.5, 0.6) is 0 Å². The van der Waals surface area contributed by atoms with Crippen molar-refractivity contribution in [3.63, 3.8) is 0 Å². The topological polar surface area (TPSA) is 27.7 Å². The molecule has 0 aromatic rings. The van der Waals surface area contributed by atoms with Crippen LogP contribution >= 0.6 is 12.6 Å². The SMILES string of the molecule is [B][C@@H]1O[C@](CS)(COC)C(OC)C1C. The van der Waals surface area contributed by atoms with E-state index in [1.165, 1.54) is 0 Å². The van der Waals surface area contributed by atoms with Gasteiger partial charge in [0.2, 0.25) is 0 Å². The molecule has 1 fully saturated rings. The zero-order valence-electron chi connectivity index (χ0n) is 8.90. The standard InChI is InChI=1S/C9H17BO3S/c1-6-7(12-3)9(5-14,4-11-2)13-8(6)10/h6-8,14H,4-5H2,1-3H3/t6?,7?,8-,9+/m1/s1. The van der Waals surface area contributed by atoms with Crippen molar-refractivity contribution in [3.8, 4) is 0 Å². The number of hydrogen-bond acceptors (Lipinski definition) is 4. The first-order valence-corrected chi connectivity index (χ1v) is 5.30. The van der Waals surface area contributed by atoms with Gasteiger partial charge in [-0.2, -0.15) is 12.6 Å². The van der Waals surface area contributed by atoms with Crippen molar-refractivity contribution in [3.05, 3.63) is 0 Å². The Bertz CT molecular complexity index is 193. The highest BCUT2D eigenvalue weighted by molar-refractivity contribution is 7.80. The van der Waals surface area contributed by atoms with Gasteiger partial charge in [-0.25, -0.2) is 0 Å². The van der Waals surface area contributed by atoms with Crippen LogP contribution < -0.4 is 0 Å². The number of rotatable bonds is 4. The molecule has 0 aromatic heterocycles. The summed E-state index contributed by atoms with van der Waals surface area (Å²) in [5, 5.41) is 0. The summed E-state index contributed by atoms with van der Waals surface area (Å²) in [4.78, 5) is 0. The Balaban J connectivity index is 2.83. The van der Waals surface area contributed by atoms with Crippen molar-refractivity contribution in [1.29, 1.82) is 0 Å². The van der Waals surface area contributed by atoms with E-state index < -0.39 is 5.60 Å². The zero-order chi connectivity index (χ0) is 10.8. The Hall–Kier alpha value is 0.295. The normalized spacial score (nSPS) is 43.0. The van der Waals surface area contributed by atoms with Crippen LogP contribution in [0.3, 0.4) is 0 Å². The van der Waals surface area contributed by atoms with Crippen LogP contribution in [0.15, 0.2) is 0 Å². The number of methoxy groups -OCH3 is 2. The predicted molar refractivity (Wildman–Crippen MR) is 59.0 cm³/mol. The Morgan fingerprint density at radius 1 is 1.50 bits per heavy atom. The van der Waals surface area contributed by atoms with E-state index in [4.69, 9.17) is 22.1 Å². The fourth-order valence-corrected chi connectivity index (χ4v) is 2.41. The molecule has 1 saturated heterocycles. The highest BCUT2D eigenvalue weighted by Gasteiger charge is 2.51. The van der Waals surface area contributed by atoms with Gasteiger partial charge in [0.05, 0.1) is 12.7 Å². The summed E-state index contributed by atoms with van der Waals surface area (Å²) in [6.07, 6.45) is -0.0602. The third-order valence-electron chi connectivity index (χ3n) is 2.80. The first-order chi connectivity index (χ1) is 6.61. The number of hydrogen-bond donors (Lipinski definition) is 1. The quantitative estimate of drug-likeness (QED) is 0.547. The van der Waals surface area contributed by atoms with Crippen molar-refractivity contribution >= 4 is 20.5 Å². The monoisotopic (exact) mass is 216 g/mol. The van der Waals surface area contributed by atoms with Crippen molar-refractivity contribution in [1.82, 2.24) is 0 Å². The second-order valence-corrected chi connectivity index (χ2v) is 4.07. The summed E-state index contributed by atoms with van der Waals surface area (Å²) in [6, 6.07) is -0.303. The van der Waals surface area contributed by atoms with Crippen LogP contribution in [0.1, 0.15) is 6.92 Å². The van der Waals surface area contributed by atoms with Crippen LogP contribution in [0.2, 0.25) is 0 Å². The largest absolute Gasteiger partial charge is 0.382 e. The maximum Gasteiger partial charge on any atom is 0.126 e. The fourth-order valence-electron chi connectivity index (χ4n) is 2.06. The molecule has 0 saturated carbocycles. The molecule has 0 spiro atoms. The molecule has 5 heteroatoms. The van der Waals surface area contributed by atoms with Crippen LogP contribution in [0, 0.1) is 5.92 Å². The maximum absolute atomic E-state index is 5.83. The third kappa shape index (κ3) is 1.96. The highest BCUT2D eigenvalue weighted by atomic mass is 32.1. The van der Waals surface area contributed by atoms with Gasteiger partial charge in [-0.05, 0) is 0 Å². The first kappa shape index (κ1) is 12.4. The van der Waals surface area contributed by atoms with Gasteiger partial charge < -0.3 is 14.2 Å². The van der Waals surface area contributed by atoms with Crippen LogP contribution in [0.4, 0.5) is 0 Å². The smallest absolute Gasteiger partial charge is 0.126 e. The lowest BCUT2D eigenvalue weighted by Gasteiger charge is -2.32. The Kier molecular flexibility index (Phi) is 4.31. The summed E-state index contributed by atoms with van der Waals surface area (Å²) in [5.41, 5.74) is -0.508. The lowest BCUT2D eigenvalue weighted by atomic mass is 9.83. The molecule has 3 nitrogen and oxygen atoms in total. The van der Waals surface area contributed by atoms with E-state index in [1.54, 1.807) is 14.2 Å². The minimum atomic E-state index is -0.508. The molecule has 2 radical (unpaired) electrons. The van der Waals surface area contributed by atoms with Crippen molar-refractivity contribution in [2.24, 2.45) is 5.92 Å². The first-order valence-electron chi connectivity index (χ1n) is 4.67. The van der Waals surface area contributed by atoms with Gasteiger partial charge in [0, 0.05) is 31.9 Å². The van der Waals surface area contributed by atoms with Gasteiger partial charge in [0.25, 0.3) is 0 Å². The van der Waals surface area contributed by atoms with E-state index >= 15 is 0 Å². The molecule has 0 aliphatic carbocycles. The molecule has 0 bridgehead atoms. The average molecular weight is 216 g/mol. The molecular formula is C9H17BO3S. The fraction of sp³-hybridized carbons (Fsp3) is 1.00. The van der Waals surface area contributed by atoms with Crippen LogP contribution in [-0.2, 0) is 14.2 Å². The molecule has 1 rings (SSSR count). The van der Waals surface area contributed by atoms with Crippen molar-refractivity contribution in [2.45, 2.75) is 24.6 Å². The number of ether oxygens (including phenoxy) is 3. The summed E-state index contributed by atoms with van der Waals surface area (Å²) in [7, 11) is 9.13. The molecule has 1 heterocycles. The molecule has 80 valence electrons. The second kappa shape index (κ2) is 4.88. The minimum absolute atomic E-state index is 0.0602. The molecule has 0 amide bonds. The molecule has 0 aromatic carbocycles. The van der Waals surface area contributed by atoms with Gasteiger partial charge in [0.1, 0.15) is 13.4 Å². The third-order valence-corrected chi connectivity index (χ3v) is 3.33. The molecule has 14 heavy (non-hydrogen) atoms. The summed E-state index contributed by atoms with van der Waals surface area (Å²) < 4.78 is 16.3. The van der Waals surface area contributed by atoms with Gasteiger partial charge >= 0.3 is 0 Å². The molecular weight excluding hydrogens is 199 g/mol. The van der Waals surface area contributed by atoms with E-state index in [9.17, 15) is 0 Å². The second-order valence-electron chi connectivity index (χ2n) is 3.75. The highest BCUT2D eigenvalue weighted by Crippen LogP contribution is 2.37. The van der Waals surface area contributed by atoms with E-state index in [0.717, 1.165) is 0 Å². The van der Waals surface area contributed by atoms with Crippen molar-refractivity contribution < 1.29 is 14.2 Å². The van der Waals surface area contributed by atoms with Crippen LogP contribution in [0.25, 0.3) is 0 Å². The lowest BCUT2D eigenvalue weighted by Crippen LogP contribution is -2.48. The van der Waals surface area contributed by atoms with E-state index in [-0.39, 0.29) is 18.0 Å².